The first-order chi connectivity index (χ1) is 10.1. The molecule has 1 amide bonds. The summed E-state index contributed by atoms with van der Waals surface area (Å²) < 4.78 is 5.18. The number of rotatable bonds is 6. The molecule has 7 nitrogen and oxygen atoms in total. The Labute approximate surface area is 125 Å². The number of aromatic nitrogens is 2. The zero-order valence-corrected chi connectivity index (χ0v) is 12.1. The molecule has 8 heteroatoms. The van der Waals surface area contributed by atoms with Crippen LogP contribution in [0.15, 0.2) is 33.9 Å². The fourth-order valence-electron chi connectivity index (χ4n) is 1.59. The van der Waals surface area contributed by atoms with Gasteiger partial charge in [0.15, 0.2) is 5.78 Å². The Hall–Kier alpha value is -2.19. The molecule has 0 aliphatic carbocycles. The summed E-state index contributed by atoms with van der Waals surface area (Å²) in [5, 5.41) is 10.4. The third kappa shape index (κ3) is 4.14. The van der Waals surface area contributed by atoms with Gasteiger partial charge in [-0.3, -0.25) is 9.59 Å². The number of carbonyl (C=O) groups excluding carboxylic acids is 2. The van der Waals surface area contributed by atoms with E-state index in [-0.39, 0.29) is 29.2 Å². The molecule has 0 spiro atoms. The van der Waals surface area contributed by atoms with Gasteiger partial charge in [0.2, 0.25) is 11.8 Å². The number of benzene rings is 1. The van der Waals surface area contributed by atoms with Crippen molar-refractivity contribution < 1.29 is 14.0 Å². The van der Waals surface area contributed by atoms with Crippen LogP contribution in [0.5, 0.6) is 0 Å². The lowest BCUT2D eigenvalue weighted by molar-refractivity contribution is -0.113. The van der Waals surface area contributed by atoms with Gasteiger partial charge in [0, 0.05) is 5.56 Å². The Bertz CT molecular complexity index is 656. The number of nitrogens with zero attached hydrogens (tertiary/aromatic N) is 2. The minimum atomic E-state index is -0.263. The molecule has 110 valence electrons. The monoisotopic (exact) mass is 306 g/mol. The lowest BCUT2D eigenvalue weighted by Crippen LogP contribution is -2.16. The van der Waals surface area contributed by atoms with Crippen molar-refractivity contribution in [2.45, 2.75) is 18.7 Å². The Kier molecular flexibility index (Phi) is 5.07. The quantitative estimate of drug-likeness (QED) is 0.614. The van der Waals surface area contributed by atoms with Crippen LogP contribution in [0, 0.1) is 0 Å². The smallest absolute Gasteiger partial charge is 0.277 e. The number of ketones is 1. The first kappa shape index (κ1) is 15.2. The van der Waals surface area contributed by atoms with Gasteiger partial charge >= 0.3 is 0 Å². The van der Waals surface area contributed by atoms with Crippen LogP contribution in [0.25, 0.3) is 0 Å². The highest BCUT2D eigenvalue weighted by Crippen LogP contribution is 2.18. The molecule has 2 aromatic rings. The van der Waals surface area contributed by atoms with Gasteiger partial charge in [0.1, 0.15) is 0 Å². The second-order valence-corrected chi connectivity index (χ2v) is 5.03. The summed E-state index contributed by atoms with van der Waals surface area (Å²) in [7, 11) is 0. The summed E-state index contributed by atoms with van der Waals surface area (Å²) in [5.74, 6) is 0.0439. The van der Waals surface area contributed by atoms with Gasteiger partial charge in [0.25, 0.3) is 5.22 Å². The van der Waals surface area contributed by atoms with Gasteiger partial charge in [-0.2, -0.15) is 0 Å². The van der Waals surface area contributed by atoms with E-state index in [0.29, 0.717) is 17.1 Å². The van der Waals surface area contributed by atoms with E-state index >= 15 is 0 Å². The number of hydrogen-bond acceptors (Lipinski definition) is 7. The summed E-state index contributed by atoms with van der Waals surface area (Å²) in [6, 6.07) is 6.84. The fraction of sp³-hybridized carbons (Fsp3) is 0.231. The van der Waals surface area contributed by atoms with E-state index < -0.39 is 0 Å². The van der Waals surface area contributed by atoms with Gasteiger partial charge in [0.05, 0.1) is 18.0 Å². The van der Waals surface area contributed by atoms with Crippen molar-refractivity contribution in [1.29, 1.82) is 0 Å². The second-order valence-electron chi connectivity index (χ2n) is 4.10. The van der Waals surface area contributed by atoms with E-state index in [1.54, 1.807) is 24.3 Å². The van der Waals surface area contributed by atoms with Crippen LogP contribution in [0.4, 0.5) is 5.69 Å². The predicted molar refractivity (Wildman–Crippen MR) is 78.0 cm³/mol. The van der Waals surface area contributed by atoms with Crippen LogP contribution < -0.4 is 11.1 Å². The van der Waals surface area contributed by atoms with Crippen LogP contribution >= 0.6 is 11.8 Å². The number of Topliss-reactive ketones (excluding diaryl/α,β-unsaturated/α-hetero) is 1. The van der Waals surface area contributed by atoms with Crippen molar-refractivity contribution in [3.05, 3.63) is 35.7 Å². The van der Waals surface area contributed by atoms with Gasteiger partial charge in [-0.05, 0) is 19.1 Å². The van der Waals surface area contributed by atoms with Crippen LogP contribution in [0.1, 0.15) is 23.2 Å². The maximum absolute atomic E-state index is 11.9. The summed E-state index contributed by atoms with van der Waals surface area (Å²) >= 11 is 1.11. The molecular formula is C13H14N4O3S. The highest BCUT2D eigenvalue weighted by atomic mass is 32.2. The molecule has 0 radical (unpaired) electrons. The summed E-state index contributed by atoms with van der Waals surface area (Å²) in [5.41, 5.74) is 6.31. The lowest BCUT2D eigenvalue weighted by atomic mass is 10.1. The molecule has 0 aliphatic heterocycles. The summed E-state index contributed by atoms with van der Waals surface area (Å²) in [4.78, 5) is 23.3. The standard InChI is InChI=1S/C13H14N4O3S/c1-8(18)9-4-2-3-5-10(9)15-11(19)7-21-13-17-16-12(6-14)20-13/h2-5H,6-7,14H2,1H3,(H,15,19). The topological polar surface area (TPSA) is 111 Å². The molecule has 0 bridgehead atoms. The normalized spacial score (nSPS) is 10.4. The largest absolute Gasteiger partial charge is 0.415 e. The number of anilines is 1. The average molecular weight is 306 g/mol. The Morgan fingerprint density at radius 2 is 2.10 bits per heavy atom. The number of nitrogens with one attached hydrogen (secondary N) is 1. The van der Waals surface area contributed by atoms with Crippen molar-refractivity contribution >= 4 is 29.1 Å². The first-order valence-electron chi connectivity index (χ1n) is 6.15. The molecule has 1 heterocycles. The molecule has 0 atom stereocenters. The van der Waals surface area contributed by atoms with E-state index in [0.717, 1.165) is 11.8 Å². The second kappa shape index (κ2) is 7.00. The van der Waals surface area contributed by atoms with E-state index in [1.807, 2.05) is 0 Å². The molecule has 0 saturated carbocycles. The van der Waals surface area contributed by atoms with Crippen molar-refractivity contribution in [2.75, 3.05) is 11.1 Å². The first-order valence-corrected chi connectivity index (χ1v) is 7.13. The van der Waals surface area contributed by atoms with Crippen molar-refractivity contribution in [3.63, 3.8) is 0 Å². The average Bonchev–Trinajstić information content (AvgIpc) is 2.93. The Balaban J connectivity index is 1.94. The van der Waals surface area contributed by atoms with Crippen molar-refractivity contribution in [1.82, 2.24) is 10.2 Å². The van der Waals surface area contributed by atoms with Gasteiger partial charge in [-0.15, -0.1) is 10.2 Å². The van der Waals surface area contributed by atoms with Crippen LogP contribution in [-0.2, 0) is 11.3 Å². The van der Waals surface area contributed by atoms with Gasteiger partial charge < -0.3 is 15.5 Å². The Morgan fingerprint density at radius 3 is 2.76 bits per heavy atom. The molecule has 1 aromatic heterocycles. The van der Waals surface area contributed by atoms with Crippen LogP contribution in [0.2, 0.25) is 0 Å². The highest BCUT2D eigenvalue weighted by Gasteiger charge is 2.12. The number of para-hydroxylation sites is 1. The lowest BCUT2D eigenvalue weighted by Gasteiger charge is -2.07. The SMILES string of the molecule is CC(=O)c1ccccc1NC(=O)CSc1nnc(CN)o1. The molecule has 0 aliphatic rings. The summed E-state index contributed by atoms with van der Waals surface area (Å²) in [6.07, 6.45) is 0. The minimum absolute atomic E-state index is 0.0957. The number of carbonyl (C=O) groups is 2. The zero-order chi connectivity index (χ0) is 15.2. The maximum Gasteiger partial charge on any atom is 0.277 e. The molecule has 2 rings (SSSR count). The van der Waals surface area contributed by atoms with E-state index in [2.05, 4.69) is 15.5 Å². The predicted octanol–water partition coefficient (Wildman–Crippen LogP) is 1.46. The van der Waals surface area contributed by atoms with Crippen molar-refractivity contribution in [3.8, 4) is 0 Å². The van der Waals surface area contributed by atoms with Gasteiger partial charge in [-0.25, -0.2) is 0 Å². The molecule has 0 unspecified atom stereocenters. The third-order valence-electron chi connectivity index (χ3n) is 2.53. The number of amides is 1. The van der Waals surface area contributed by atoms with E-state index in [1.165, 1.54) is 6.92 Å². The minimum Gasteiger partial charge on any atom is -0.415 e. The van der Waals surface area contributed by atoms with Gasteiger partial charge in [-0.1, -0.05) is 23.9 Å². The number of thioether (sulfide) groups is 1. The molecule has 3 N–H and O–H groups in total. The number of hydrogen-bond donors (Lipinski definition) is 2. The van der Waals surface area contributed by atoms with Crippen LogP contribution in [-0.4, -0.2) is 27.6 Å². The molecule has 1 aromatic carbocycles. The van der Waals surface area contributed by atoms with E-state index in [4.69, 9.17) is 10.2 Å². The fourth-order valence-corrected chi connectivity index (χ4v) is 2.17. The number of nitrogens with two attached hydrogens (primary N) is 1. The summed E-state index contributed by atoms with van der Waals surface area (Å²) in [6.45, 7) is 1.61. The highest BCUT2D eigenvalue weighted by molar-refractivity contribution is 7.99. The van der Waals surface area contributed by atoms with Crippen LogP contribution in [0.3, 0.4) is 0 Å². The van der Waals surface area contributed by atoms with Crippen molar-refractivity contribution in [2.24, 2.45) is 5.73 Å². The zero-order valence-electron chi connectivity index (χ0n) is 11.3. The third-order valence-corrected chi connectivity index (χ3v) is 3.35. The molecule has 21 heavy (non-hydrogen) atoms. The van der Waals surface area contributed by atoms with E-state index in [9.17, 15) is 9.59 Å². The molecular weight excluding hydrogens is 292 g/mol. The Morgan fingerprint density at radius 1 is 1.33 bits per heavy atom. The maximum atomic E-state index is 11.9. The molecule has 0 fully saturated rings. The molecule has 0 saturated heterocycles.